The van der Waals surface area contributed by atoms with Crippen molar-refractivity contribution in [1.29, 1.82) is 0 Å². The van der Waals surface area contributed by atoms with Crippen LogP contribution in [0.3, 0.4) is 0 Å². The lowest BCUT2D eigenvalue weighted by Gasteiger charge is -2.12. The number of rotatable bonds is 8. The summed E-state index contributed by atoms with van der Waals surface area (Å²) in [5, 5.41) is 5.95. The molecule has 0 bridgehead atoms. The predicted octanol–water partition coefficient (Wildman–Crippen LogP) is 1.63. The lowest BCUT2D eigenvalue weighted by Crippen LogP contribution is -2.38. The summed E-state index contributed by atoms with van der Waals surface area (Å²) in [6.07, 6.45) is 4.64. The average molecular weight is 253 g/mol. The Bertz CT molecular complexity index is 363. The van der Waals surface area contributed by atoms with Gasteiger partial charge < -0.3 is 9.73 Å². The van der Waals surface area contributed by atoms with E-state index >= 15 is 0 Å². The zero-order valence-electron chi connectivity index (χ0n) is 11.5. The molecule has 0 saturated carbocycles. The summed E-state index contributed by atoms with van der Waals surface area (Å²) >= 11 is 0. The Morgan fingerprint density at radius 2 is 2.28 bits per heavy atom. The van der Waals surface area contributed by atoms with Crippen molar-refractivity contribution in [3.05, 3.63) is 17.8 Å². The predicted molar refractivity (Wildman–Crippen MR) is 70.1 cm³/mol. The van der Waals surface area contributed by atoms with Crippen molar-refractivity contribution in [3.8, 4) is 0 Å². The van der Waals surface area contributed by atoms with Crippen molar-refractivity contribution in [3.63, 3.8) is 0 Å². The lowest BCUT2D eigenvalue weighted by atomic mass is 10.2. The zero-order valence-corrected chi connectivity index (χ0v) is 11.5. The van der Waals surface area contributed by atoms with Crippen LogP contribution in [0.2, 0.25) is 0 Å². The van der Waals surface area contributed by atoms with Crippen LogP contribution in [0.1, 0.15) is 45.3 Å². The second kappa shape index (κ2) is 7.87. The summed E-state index contributed by atoms with van der Waals surface area (Å²) in [6.45, 7) is 6.91. The van der Waals surface area contributed by atoms with Gasteiger partial charge in [0.25, 0.3) is 0 Å². The van der Waals surface area contributed by atoms with E-state index in [2.05, 4.69) is 22.5 Å². The maximum atomic E-state index is 11.6. The standard InChI is InChI=1S/C13H23N3O2/c1-4-6-10(3)16-12(17)8-14-9-13-15-7-11(5-2)18-13/h7,10,14H,4-6,8-9H2,1-3H3,(H,16,17). The van der Waals surface area contributed by atoms with E-state index in [1.807, 2.05) is 13.8 Å². The van der Waals surface area contributed by atoms with Gasteiger partial charge in [0.2, 0.25) is 11.8 Å². The van der Waals surface area contributed by atoms with Crippen LogP contribution in [0.5, 0.6) is 0 Å². The molecule has 1 heterocycles. The monoisotopic (exact) mass is 253 g/mol. The van der Waals surface area contributed by atoms with Crippen LogP contribution in [-0.4, -0.2) is 23.5 Å². The molecule has 5 nitrogen and oxygen atoms in total. The third-order valence-electron chi connectivity index (χ3n) is 2.64. The number of hydrogen-bond acceptors (Lipinski definition) is 4. The van der Waals surface area contributed by atoms with Gasteiger partial charge in [-0.15, -0.1) is 0 Å². The van der Waals surface area contributed by atoms with E-state index in [-0.39, 0.29) is 18.5 Å². The van der Waals surface area contributed by atoms with E-state index in [0.717, 1.165) is 25.0 Å². The summed E-state index contributed by atoms with van der Waals surface area (Å²) in [7, 11) is 0. The third-order valence-corrected chi connectivity index (χ3v) is 2.64. The van der Waals surface area contributed by atoms with Crippen LogP contribution in [0.4, 0.5) is 0 Å². The van der Waals surface area contributed by atoms with E-state index in [9.17, 15) is 4.79 Å². The van der Waals surface area contributed by atoms with Crippen LogP contribution < -0.4 is 10.6 Å². The average Bonchev–Trinajstić information content (AvgIpc) is 2.77. The Morgan fingerprint density at radius 3 is 2.89 bits per heavy atom. The number of hydrogen-bond donors (Lipinski definition) is 2. The SMILES string of the molecule is CCCC(C)NC(=O)CNCc1ncc(CC)o1. The molecular weight excluding hydrogens is 230 g/mol. The first-order valence-corrected chi connectivity index (χ1v) is 6.59. The molecule has 0 aliphatic rings. The minimum Gasteiger partial charge on any atom is -0.444 e. The van der Waals surface area contributed by atoms with Gasteiger partial charge in [0.1, 0.15) is 5.76 Å². The van der Waals surface area contributed by atoms with Crippen LogP contribution in [0.25, 0.3) is 0 Å². The molecule has 0 fully saturated rings. The number of oxazole rings is 1. The van der Waals surface area contributed by atoms with Gasteiger partial charge in [-0.25, -0.2) is 4.98 Å². The Morgan fingerprint density at radius 1 is 1.50 bits per heavy atom. The fraction of sp³-hybridized carbons (Fsp3) is 0.692. The first-order valence-electron chi connectivity index (χ1n) is 6.59. The molecular formula is C13H23N3O2. The van der Waals surface area contributed by atoms with Gasteiger partial charge in [-0.2, -0.15) is 0 Å². The summed E-state index contributed by atoms with van der Waals surface area (Å²) in [5.74, 6) is 1.51. The van der Waals surface area contributed by atoms with Gasteiger partial charge in [0.15, 0.2) is 0 Å². The molecule has 1 atom stereocenters. The fourth-order valence-electron chi connectivity index (χ4n) is 1.71. The number of nitrogens with zero attached hydrogens (tertiary/aromatic N) is 1. The molecule has 1 rings (SSSR count). The molecule has 0 aliphatic carbocycles. The van der Waals surface area contributed by atoms with E-state index in [4.69, 9.17) is 4.42 Å². The molecule has 0 spiro atoms. The highest BCUT2D eigenvalue weighted by molar-refractivity contribution is 5.78. The molecule has 1 aromatic rings. The summed E-state index contributed by atoms with van der Waals surface area (Å²) in [6, 6.07) is 0.234. The van der Waals surface area contributed by atoms with E-state index in [1.54, 1.807) is 6.20 Å². The van der Waals surface area contributed by atoms with Gasteiger partial charge in [0, 0.05) is 12.5 Å². The molecule has 1 amide bonds. The van der Waals surface area contributed by atoms with Gasteiger partial charge >= 0.3 is 0 Å². The molecule has 0 aliphatic heterocycles. The summed E-state index contributed by atoms with van der Waals surface area (Å²) in [5.41, 5.74) is 0. The van der Waals surface area contributed by atoms with E-state index in [1.165, 1.54) is 0 Å². The third kappa shape index (κ3) is 5.31. The highest BCUT2D eigenvalue weighted by atomic mass is 16.4. The highest BCUT2D eigenvalue weighted by Crippen LogP contribution is 2.03. The molecule has 0 radical (unpaired) electrons. The topological polar surface area (TPSA) is 67.2 Å². The van der Waals surface area contributed by atoms with Crippen molar-refractivity contribution in [1.82, 2.24) is 15.6 Å². The Balaban J connectivity index is 2.18. The van der Waals surface area contributed by atoms with Crippen molar-refractivity contribution in [2.24, 2.45) is 0 Å². The molecule has 0 aromatic carbocycles. The summed E-state index contributed by atoms with van der Waals surface area (Å²) in [4.78, 5) is 15.7. The smallest absolute Gasteiger partial charge is 0.234 e. The molecule has 1 unspecified atom stereocenters. The Kier molecular flexibility index (Phi) is 6.43. The Hall–Kier alpha value is -1.36. The van der Waals surface area contributed by atoms with Crippen LogP contribution >= 0.6 is 0 Å². The maximum absolute atomic E-state index is 11.6. The van der Waals surface area contributed by atoms with Crippen molar-refractivity contribution in [2.75, 3.05) is 6.54 Å². The van der Waals surface area contributed by atoms with Crippen molar-refractivity contribution < 1.29 is 9.21 Å². The molecule has 0 saturated heterocycles. The van der Waals surface area contributed by atoms with Gasteiger partial charge in [-0.05, 0) is 13.3 Å². The molecule has 18 heavy (non-hydrogen) atoms. The first kappa shape index (κ1) is 14.7. The number of aromatic nitrogens is 1. The molecule has 102 valence electrons. The minimum absolute atomic E-state index is 0.0122. The Labute approximate surface area is 108 Å². The van der Waals surface area contributed by atoms with Crippen LogP contribution in [0.15, 0.2) is 10.6 Å². The number of aryl methyl sites for hydroxylation is 1. The van der Waals surface area contributed by atoms with Gasteiger partial charge in [0.05, 0.1) is 19.3 Å². The molecule has 5 heteroatoms. The van der Waals surface area contributed by atoms with Crippen molar-refractivity contribution in [2.45, 2.75) is 52.6 Å². The van der Waals surface area contributed by atoms with Gasteiger partial charge in [-0.3, -0.25) is 10.1 Å². The number of nitrogens with one attached hydrogen (secondary N) is 2. The fourth-order valence-corrected chi connectivity index (χ4v) is 1.71. The first-order chi connectivity index (χ1) is 8.65. The molecule has 1 aromatic heterocycles. The minimum atomic E-state index is 0.0122. The lowest BCUT2D eigenvalue weighted by molar-refractivity contribution is -0.120. The largest absolute Gasteiger partial charge is 0.444 e. The normalized spacial score (nSPS) is 12.4. The van der Waals surface area contributed by atoms with E-state index in [0.29, 0.717) is 12.4 Å². The summed E-state index contributed by atoms with van der Waals surface area (Å²) < 4.78 is 5.43. The molecule has 2 N–H and O–H groups in total. The van der Waals surface area contributed by atoms with Gasteiger partial charge in [-0.1, -0.05) is 20.3 Å². The number of carbonyl (C=O) groups is 1. The number of carbonyl (C=O) groups excluding carboxylic acids is 1. The highest BCUT2D eigenvalue weighted by Gasteiger charge is 2.07. The van der Waals surface area contributed by atoms with E-state index < -0.39 is 0 Å². The van der Waals surface area contributed by atoms with Crippen LogP contribution in [-0.2, 0) is 17.8 Å². The quantitative estimate of drug-likeness (QED) is 0.739. The van der Waals surface area contributed by atoms with Crippen molar-refractivity contribution >= 4 is 5.91 Å². The number of amides is 1. The maximum Gasteiger partial charge on any atom is 0.234 e. The van der Waals surface area contributed by atoms with Crippen LogP contribution in [0, 0.1) is 0 Å². The zero-order chi connectivity index (χ0) is 13.4. The second-order valence-corrected chi connectivity index (χ2v) is 4.43. The second-order valence-electron chi connectivity index (χ2n) is 4.43.